The van der Waals surface area contributed by atoms with Crippen molar-refractivity contribution in [1.82, 2.24) is 0 Å². The lowest BCUT2D eigenvalue weighted by molar-refractivity contribution is 0.0435. The molecule has 2 aromatic rings. The molecule has 5 nitrogen and oxygen atoms in total. The van der Waals surface area contributed by atoms with E-state index in [2.05, 4.69) is 5.32 Å². The van der Waals surface area contributed by atoms with Gasteiger partial charge in [-0.3, -0.25) is 0 Å². The van der Waals surface area contributed by atoms with Crippen LogP contribution in [0.1, 0.15) is 33.3 Å². The van der Waals surface area contributed by atoms with Crippen molar-refractivity contribution in [2.45, 2.75) is 20.1 Å². The van der Waals surface area contributed by atoms with Crippen LogP contribution in [-0.4, -0.2) is 20.2 Å². The minimum atomic E-state index is -0.544. The molecular formula is C18H19NO4. The number of cyclic esters (lactones) is 1. The summed E-state index contributed by atoms with van der Waals surface area (Å²) in [6.45, 7) is 4.03. The smallest absolute Gasteiger partial charge is 0.344 e. The van der Waals surface area contributed by atoms with E-state index >= 15 is 0 Å². The quantitative estimate of drug-likeness (QED) is 0.874. The predicted octanol–water partition coefficient (Wildman–Crippen LogP) is 3.60. The van der Waals surface area contributed by atoms with Crippen LogP contribution in [0.3, 0.4) is 0 Å². The maximum absolute atomic E-state index is 12.3. The molecule has 23 heavy (non-hydrogen) atoms. The fraction of sp³-hybridized carbons (Fsp3) is 0.278. The van der Waals surface area contributed by atoms with E-state index in [0.717, 1.165) is 22.4 Å². The number of fused-ring (bicyclic) bond motifs is 1. The number of nitrogens with one attached hydrogen (secondary N) is 1. The average Bonchev–Trinajstić information content (AvgIpc) is 2.86. The Labute approximate surface area is 135 Å². The number of benzene rings is 2. The van der Waals surface area contributed by atoms with Crippen LogP contribution in [0.2, 0.25) is 0 Å². The third-order valence-corrected chi connectivity index (χ3v) is 4.05. The SMILES string of the molecule is COc1ccc2c(c1OC)C(=O)OC2Nc1c(C)cccc1C. The maximum Gasteiger partial charge on any atom is 0.344 e. The molecule has 1 N–H and O–H groups in total. The molecule has 1 aliphatic heterocycles. The van der Waals surface area contributed by atoms with Gasteiger partial charge in [-0.2, -0.15) is 0 Å². The van der Waals surface area contributed by atoms with Crippen LogP contribution in [0, 0.1) is 13.8 Å². The van der Waals surface area contributed by atoms with Gasteiger partial charge in [0.05, 0.1) is 14.2 Å². The van der Waals surface area contributed by atoms with Gasteiger partial charge in [-0.1, -0.05) is 18.2 Å². The Morgan fingerprint density at radius 1 is 1.04 bits per heavy atom. The number of rotatable bonds is 4. The molecule has 0 radical (unpaired) electrons. The average molecular weight is 313 g/mol. The topological polar surface area (TPSA) is 56.8 Å². The summed E-state index contributed by atoms with van der Waals surface area (Å²) in [7, 11) is 3.05. The van der Waals surface area contributed by atoms with Crippen LogP contribution in [0.4, 0.5) is 5.69 Å². The van der Waals surface area contributed by atoms with Crippen molar-refractivity contribution in [3.8, 4) is 11.5 Å². The number of ether oxygens (including phenoxy) is 3. The van der Waals surface area contributed by atoms with Crippen LogP contribution < -0.4 is 14.8 Å². The standard InChI is InChI=1S/C18H19NO4/c1-10-6-5-7-11(2)15(10)19-17-12-8-9-13(21-3)16(22-4)14(12)18(20)23-17/h5-9,17,19H,1-4H3. The summed E-state index contributed by atoms with van der Waals surface area (Å²) in [5, 5.41) is 3.31. The van der Waals surface area contributed by atoms with Crippen LogP contribution in [0.15, 0.2) is 30.3 Å². The molecule has 0 spiro atoms. The van der Waals surface area contributed by atoms with Gasteiger partial charge in [-0.15, -0.1) is 0 Å². The monoisotopic (exact) mass is 313 g/mol. The Morgan fingerprint density at radius 3 is 2.35 bits per heavy atom. The van der Waals surface area contributed by atoms with E-state index in [-0.39, 0.29) is 0 Å². The van der Waals surface area contributed by atoms with Crippen molar-refractivity contribution < 1.29 is 19.0 Å². The molecule has 5 heteroatoms. The fourth-order valence-electron chi connectivity index (χ4n) is 2.88. The van der Waals surface area contributed by atoms with Crippen LogP contribution in [0.25, 0.3) is 0 Å². The van der Waals surface area contributed by atoms with Gasteiger partial charge in [0.25, 0.3) is 0 Å². The largest absolute Gasteiger partial charge is 0.493 e. The Bertz CT molecular complexity index is 750. The van der Waals surface area contributed by atoms with Crippen molar-refractivity contribution in [3.05, 3.63) is 52.6 Å². The highest BCUT2D eigenvalue weighted by atomic mass is 16.6. The first-order valence-electron chi connectivity index (χ1n) is 7.35. The second kappa shape index (κ2) is 5.83. The number of para-hydroxylation sites is 1. The Kier molecular flexibility index (Phi) is 3.86. The Morgan fingerprint density at radius 2 is 1.74 bits per heavy atom. The molecule has 1 atom stereocenters. The lowest BCUT2D eigenvalue weighted by atomic mass is 10.0. The summed E-state index contributed by atoms with van der Waals surface area (Å²) >= 11 is 0. The number of methoxy groups -OCH3 is 2. The summed E-state index contributed by atoms with van der Waals surface area (Å²) in [5.74, 6) is 0.496. The molecule has 0 amide bonds. The number of hydrogen-bond donors (Lipinski definition) is 1. The number of hydrogen-bond acceptors (Lipinski definition) is 5. The molecule has 0 bridgehead atoms. The predicted molar refractivity (Wildman–Crippen MR) is 87.2 cm³/mol. The summed E-state index contributed by atoms with van der Waals surface area (Å²) in [5.41, 5.74) is 4.31. The molecule has 0 aliphatic carbocycles. The molecule has 0 aromatic heterocycles. The second-order valence-electron chi connectivity index (χ2n) is 5.46. The van der Waals surface area contributed by atoms with Crippen molar-refractivity contribution in [3.63, 3.8) is 0 Å². The lowest BCUT2D eigenvalue weighted by Gasteiger charge is -2.18. The zero-order valence-corrected chi connectivity index (χ0v) is 13.6. The van der Waals surface area contributed by atoms with E-state index in [0.29, 0.717) is 17.1 Å². The van der Waals surface area contributed by atoms with Crippen molar-refractivity contribution in [1.29, 1.82) is 0 Å². The zero-order chi connectivity index (χ0) is 16.6. The summed E-state index contributed by atoms with van der Waals surface area (Å²) in [6.07, 6.45) is -0.544. The highest BCUT2D eigenvalue weighted by Gasteiger charge is 2.36. The van der Waals surface area contributed by atoms with E-state index in [1.54, 1.807) is 6.07 Å². The first-order valence-corrected chi connectivity index (χ1v) is 7.35. The van der Waals surface area contributed by atoms with Crippen LogP contribution in [-0.2, 0) is 4.74 Å². The Hall–Kier alpha value is -2.69. The Balaban J connectivity index is 2.02. The number of carbonyl (C=O) groups excluding carboxylic acids is 1. The zero-order valence-electron chi connectivity index (χ0n) is 13.6. The second-order valence-corrected chi connectivity index (χ2v) is 5.46. The normalized spacial score (nSPS) is 15.8. The number of aryl methyl sites for hydroxylation is 2. The van der Waals surface area contributed by atoms with E-state index < -0.39 is 12.2 Å². The lowest BCUT2D eigenvalue weighted by Crippen LogP contribution is -2.12. The molecule has 2 aromatic carbocycles. The van der Waals surface area contributed by atoms with Gasteiger partial charge < -0.3 is 19.5 Å². The minimum absolute atomic E-state index is 0.404. The van der Waals surface area contributed by atoms with Crippen LogP contribution >= 0.6 is 0 Å². The van der Waals surface area contributed by atoms with Crippen LogP contribution in [0.5, 0.6) is 11.5 Å². The number of anilines is 1. The molecular weight excluding hydrogens is 294 g/mol. The van der Waals surface area contributed by atoms with Gasteiger partial charge in [-0.25, -0.2) is 4.79 Å². The molecule has 3 rings (SSSR count). The molecule has 0 saturated carbocycles. The first kappa shape index (κ1) is 15.2. The van der Waals surface area contributed by atoms with Gasteiger partial charge >= 0.3 is 5.97 Å². The highest BCUT2D eigenvalue weighted by Crippen LogP contribution is 2.42. The van der Waals surface area contributed by atoms with Gasteiger partial charge in [0.2, 0.25) is 6.23 Å². The van der Waals surface area contributed by atoms with E-state index in [1.165, 1.54) is 14.2 Å². The molecule has 0 fully saturated rings. The highest BCUT2D eigenvalue weighted by molar-refractivity contribution is 5.98. The minimum Gasteiger partial charge on any atom is -0.493 e. The summed E-state index contributed by atoms with van der Waals surface area (Å²) in [4.78, 5) is 12.3. The van der Waals surface area contributed by atoms with Crippen molar-refractivity contribution in [2.24, 2.45) is 0 Å². The van der Waals surface area contributed by atoms with E-state index in [4.69, 9.17) is 14.2 Å². The van der Waals surface area contributed by atoms with Gasteiger partial charge in [0.15, 0.2) is 11.5 Å². The summed E-state index contributed by atoms with van der Waals surface area (Å²) in [6, 6.07) is 9.63. The molecule has 1 unspecified atom stereocenters. The number of esters is 1. The van der Waals surface area contributed by atoms with E-state index in [9.17, 15) is 4.79 Å². The third-order valence-electron chi connectivity index (χ3n) is 4.05. The fourth-order valence-corrected chi connectivity index (χ4v) is 2.88. The first-order chi connectivity index (χ1) is 11.1. The maximum atomic E-state index is 12.3. The molecule has 120 valence electrons. The van der Waals surface area contributed by atoms with Crippen molar-refractivity contribution >= 4 is 11.7 Å². The molecule has 0 saturated heterocycles. The van der Waals surface area contributed by atoms with Gasteiger partial charge in [-0.05, 0) is 37.1 Å². The van der Waals surface area contributed by atoms with E-state index in [1.807, 2.05) is 38.1 Å². The summed E-state index contributed by atoms with van der Waals surface area (Å²) < 4.78 is 16.1. The van der Waals surface area contributed by atoms with Crippen molar-refractivity contribution in [2.75, 3.05) is 19.5 Å². The van der Waals surface area contributed by atoms with Gasteiger partial charge in [0.1, 0.15) is 5.56 Å². The molecule has 1 aliphatic rings. The van der Waals surface area contributed by atoms with Gasteiger partial charge in [0, 0.05) is 11.3 Å². The molecule has 1 heterocycles. The third kappa shape index (κ3) is 2.48. The number of carbonyl (C=O) groups is 1.